The second-order valence-electron chi connectivity index (χ2n) is 7.43. The van der Waals surface area contributed by atoms with Crippen molar-refractivity contribution in [3.05, 3.63) is 81.4 Å². The topological polar surface area (TPSA) is 78.9 Å². The number of benzene rings is 2. The Labute approximate surface area is 191 Å². The van der Waals surface area contributed by atoms with Gasteiger partial charge in [-0.2, -0.15) is 0 Å². The predicted molar refractivity (Wildman–Crippen MR) is 121 cm³/mol. The number of hydrogen-bond acceptors (Lipinski definition) is 6. The molecule has 2 aromatic carbocycles. The number of allylic oxidation sites excluding steroid dienone is 3. The van der Waals surface area contributed by atoms with E-state index in [1.165, 1.54) is 26.4 Å². The second kappa shape index (κ2) is 9.83. The van der Waals surface area contributed by atoms with Crippen LogP contribution in [0.2, 0.25) is 5.02 Å². The van der Waals surface area contributed by atoms with Gasteiger partial charge in [-0.25, -0.2) is 4.79 Å². The molecule has 0 aliphatic heterocycles. The normalized spacial score (nSPS) is 13.3. The molecule has 32 heavy (non-hydrogen) atoms. The lowest BCUT2D eigenvalue weighted by Crippen LogP contribution is -2.19. The zero-order chi connectivity index (χ0) is 23.4. The number of hydrogen-bond donors (Lipinski definition) is 0. The molecule has 0 N–H and O–H groups in total. The van der Waals surface area contributed by atoms with Gasteiger partial charge in [0.1, 0.15) is 17.6 Å². The first kappa shape index (κ1) is 23.3. The van der Waals surface area contributed by atoms with Gasteiger partial charge in [-0.15, -0.1) is 0 Å². The number of halogens is 1. The van der Waals surface area contributed by atoms with Gasteiger partial charge in [0.25, 0.3) is 0 Å². The first-order chi connectivity index (χ1) is 15.3. The molecular weight excluding hydrogens is 432 g/mol. The molecule has 166 valence electrons. The molecule has 0 heterocycles. The number of methoxy groups -OCH3 is 2. The van der Waals surface area contributed by atoms with Crippen LogP contribution < -0.4 is 9.47 Å². The molecule has 0 amide bonds. The summed E-state index contributed by atoms with van der Waals surface area (Å²) < 4.78 is 16.8. The Morgan fingerprint density at radius 1 is 1.00 bits per heavy atom. The molecular formula is C25H23ClO6. The van der Waals surface area contributed by atoms with Gasteiger partial charge >= 0.3 is 5.97 Å². The number of rotatable bonds is 7. The summed E-state index contributed by atoms with van der Waals surface area (Å²) in [5.74, 6) is -0.917. The second-order valence-corrected chi connectivity index (χ2v) is 7.87. The van der Waals surface area contributed by atoms with Gasteiger partial charge in [0.05, 0.1) is 30.9 Å². The average molecular weight is 455 g/mol. The molecule has 6 nitrogen and oxygen atoms in total. The Morgan fingerprint density at radius 3 is 2.19 bits per heavy atom. The highest BCUT2D eigenvalue weighted by atomic mass is 35.5. The Hall–Kier alpha value is -3.38. The van der Waals surface area contributed by atoms with Gasteiger partial charge < -0.3 is 14.2 Å². The number of fused-ring (bicyclic) bond motifs is 1. The lowest BCUT2D eigenvalue weighted by molar-refractivity contribution is 0.0297. The van der Waals surface area contributed by atoms with Gasteiger partial charge in [-0.05, 0) is 56.3 Å². The van der Waals surface area contributed by atoms with Gasteiger partial charge in [0, 0.05) is 17.0 Å². The molecule has 7 heteroatoms. The summed E-state index contributed by atoms with van der Waals surface area (Å²) in [6.45, 7) is 3.85. The summed E-state index contributed by atoms with van der Waals surface area (Å²) >= 11 is 5.91. The molecule has 0 radical (unpaired) electrons. The summed E-state index contributed by atoms with van der Waals surface area (Å²) in [7, 11) is 2.81. The van der Waals surface area contributed by atoms with Crippen molar-refractivity contribution in [1.29, 1.82) is 0 Å². The predicted octanol–water partition coefficient (Wildman–Crippen LogP) is 5.55. The van der Waals surface area contributed by atoms with Crippen LogP contribution in [0.15, 0.2) is 54.1 Å². The van der Waals surface area contributed by atoms with E-state index in [1.807, 2.05) is 19.9 Å². The molecule has 1 aliphatic rings. The summed E-state index contributed by atoms with van der Waals surface area (Å²) in [6.07, 6.45) is 3.85. The van der Waals surface area contributed by atoms with Crippen molar-refractivity contribution in [3.63, 3.8) is 0 Å². The molecule has 2 aromatic rings. The molecule has 0 saturated heterocycles. The van der Waals surface area contributed by atoms with Crippen LogP contribution in [0.25, 0.3) is 0 Å². The van der Waals surface area contributed by atoms with Gasteiger partial charge in [-0.3, -0.25) is 9.59 Å². The quantitative estimate of drug-likeness (QED) is 0.403. The lowest BCUT2D eigenvalue weighted by atomic mass is 9.88. The van der Waals surface area contributed by atoms with Gasteiger partial charge in [0.2, 0.25) is 0 Å². The van der Waals surface area contributed by atoms with Crippen LogP contribution in [0.4, 0.5) is 0 Å². The van der Waals surface area contributed by atoms with E-state index in [4.69, 9.17) is 25.8 Å². The summed E-state index contributed by atoms with van der Waals surface area (Å²) in [6, 6.07) is 7.92. The fraction of sp³-hybridized carbons (Fsp3) is 0.240. The minimum Gasteiger partial charge on any atom is -0.496 e. The first-order valence-corrected chi connectivity index (χ1v) is 10.3. The molecule has 0 aromatic heterocycles. The minimum atomic E-state index is -0.795. The van der Waals surface area contributed by atoms with E-state index in [-0.39, 0.29) is 34.2 Å². The third-order valence-corrected chi connectivity index (χ3v) is 5.24. The molecule has 1 unspecified atom stereocenters. The van der Waals surface area contributed by atoms with Crippen LogP contribution in [0, 0.1) is 0 Å². The standard InChI is InChI=1S/C25H23ClO6/c1-14(2)5-12-20(32-25(29)15-6-8-16(26)9-7-15)17-13-21(30-3)22-18(27)10-11-19(28)23(22)24(17)31-4/h5-11,13,20H,12H2,1-4H3. The highest BCUT2D eigenvalue weighted by Gasteiger charge is 2.33. The van der Waals surface area contributed by atoms with Gasteiger partial charge in [0.15, 0.2) is 11.6 Å². The summed E-state index contributed by atoms with van der Waals surface area (Å²) in [5, 5.41) is 0.500. The molecule has 0 fully saturated rings. The zero-order valence-electron chi connectivity index (χ0n) is 18.2. The van der Waals surface area contributed by atoms with Crippen LogP contribution in [0.1, 0.15) is 63.0 Å². The number of carbonyl (C=O) groups is 3. The van der Waals surface area contributed by atoms with Crippen LogP contribution in [0.3, 0.4) is 0 Å². The lowest BCUT2D eigenvalue weighted by Gasteiger charge is -2.24. The maximum Gasteiger partial charge on any atom is 0.338 e. The van der Waals surface area contributed by atoms with E-state index in [9.17, 15) is 14.4 Å². The molecule has 1 aliphatic carbocycles. The molecule has 3 rings (SSSR count). The number of esters is 1. The van der Waals surface area contributed by atoms with Crippen molar-refractivity contribution < 1.29 is 28.6 Å². The van der Waals surface area contributed by atoms with Crippen LogP contribution in [-0.2, 0) is 4.74 Å². The van der Waals surface area contributed by atoms with Crippen LogP contribution in [0.5, 0.6) is 11.5 Å². The monoisotopic (exact) mass is 454 g/mol. The Morgan fingerprint density at radius 2 is 1.62 bits per heavy atom. The molecule has 1 atom stereocenters. The average Bonchev–Trinajstić information content (AvgIpc) is 2.78. The highest BCUT2D eigenvalue weighted by molar-refractivity contribution is 6.30. The molecule has 0 bridgehead atoms. The van der Waals surface area contributed by atoms with Crippen molar-refractivity contribution in [1.82, 2.24) is 0 Å². The number of ether oxygens (including phenoxy) is 3. The van der Waals surface area contributed by atoms with Crippen molar-refractivity contribution in [2.75, 3.05) is 14.2 Å². The fourth-order valence-corrected chi connectivity index (χ4v) is 3.57. The van der Waals surface area contributed by atoms with E-state index in [2.05, 4.69) is 0 Å². The van der Waals surface area contributed by atoms with Gasteiger partial charge in [-0.1, -0.05) is 23.3 Å². The number of ketones is 2. The SMILES string of the molecule is COc1cc(C(CC=C(C)C)OC(=O)c2ccc(Cl)cc2)c(OC)c2c1C(=O)C=CC2=O. The smallest absolute Gasteiger partial charge is 0.338 e. The highest BCUT2D eigenvalue weighted by Crippen LogP contribution is 2.42. The van der Waals surface area contributed by atoms with E-state index in [1.54, 1.807) is 30.3 Å². The van der Waals surface area contributed by atoms with Crippen LogP contribution in [-0.4, -0.2) is 31.8 Å². The third kappa shape index (κ3) is 4.75. The largest absolute Gasteiger partial charge is 0.496 e. The Balaban J connectivity index is 2.14. The Kier molecular flexibility index (Phi) is 7.15. The third-order valence-electron chi connectivity index (χ3n) is 4.99. The molecule has 0 spiro atoms. The van der Waals surface area contributed by atoms with E-state index in [0.717, 1.165) is 5.57 Å². The number of carbonyl (C=O) groups excluding carboxylic acids is 3. The van der Waals surface area contributed by atoms with Crippen LogP contribution >= 0.6 is 11.6 Å². The van der Waals surface area contributed by atoms with E-state index in [0.29, 0.717) is 22.6 Å². The maximum atomic E-state index is 12.9. The zero-order valence-corrected chi connectivity index (χ0v) is 19.0. The van der Waals surface area contributed by atoms with Crippen molar-refractivity contribution in [3.8, 4) is 11.5 Å². The first-order valence-electron chi connectivity index (χ1n) is 9.92. The minimum absolute atomic E-state index is 0.0964. The summed E-state index contributed by atoms with van der Waals surface area (Å²) in [4.78, 5) is 38.0. The summed E-state index contributed by atoms with van der Waals surface area (Å²) in [5.41, 5.74) is 2.01. The van der Waals surface area contributed by atoms with E-state index < -0.39 is 12.1 Å². The maximum absolute atomic E-state index is 12.9. The molecule has 0 saturated carbocycles. The van der Waals surface area contributed by atoms with Crippen molar-refractivity contribution in [2.45, 2.75) is 26.4 Å². The fourth-order valence-electron chi connectivity index (χ4n) is 3.44. The van der Waals surface area contributed by atoms with Crippen molar-refractivity contribution >= 4 is 29.1 Å². The Bertz CT molecular complexity index is 1120. The van der Waals surface area contributed by atoms with Crippen molar-refractivity contribution in [2.24, 2.45) is 0 Å². The van der Waals surface area contributed by atoms with E-state index >= 15 is 0 Å².